The van der Waals surface area contributed by atoms with E-state index in [-0.39, 0.29) is 23.6 Å². The first-order chi connectivity index (χ1) is 11.5. The van der Waals surface area contributed by atoms with Crippen LogP contribution < -0.4 is 10.1 Å². The number of nitrogens with one attached hydrogen (secondary N) is 1. The molecule has 0 aliphatic carbocycles. The predicted octanol–water partition coefficient (Wildman–Crippen LogP) is 3.30. The molecular weight excluding hydrogens is 314 g/mol. The van der Waals surface area contributed by atoms with Crippen LogP contribution in [0.1, 0.15) is 6.92 Å². The summed E-state index contributed by atoms with van der Waals surface area (Å²) in [6.07, 6.45) is 0. The van der Waals surface area contributed by atoms with Gasteiger partial charge in [0.1, 0.15) is 24.0 Å². The monoisotopic (exact) mass is 334 g/mol. The van der Waals surface area contributed by atoms with Gasteiger partial charge in [-0.2, -0.15) is 0 Å². The van der Waals surface area contributed by atoms with Crippen molar-refractivity contribution in [2.75, 3.05) is 25.5 Å². The van der Waals surface area contributed by atoms with Gasteiger partial charge in [-0.05, 0) is 62.5 Å². The number of nitrogens with zero attached hydrogens (tertiary/aromatic N) is 1. The molecule has 6 heteroatoms. The highest BCUT2D eigenvalue weighted by Crippen LogP contribution is 2.12. The van der Waals surface area contributed by atoms with Gasteiger partial charge in [0.05, 0.1) is 6.04 Å². The second-order valence-electron chi connectivity index (χ2n) is 5.46. The number of anilines is 1. The van der Waals surface area contributed by atoms with Gasteiger partial charge in [0.25, 0.3) is 0 Å². The van der Waals surface area contributed by atoms with Crippen LogP contribution in [0.15, 0.2) is 48.5 Å². The molecule has 0 fully saturated rings. The zero-order chi connectivity index (χ0) is 17.5. The molecule has 0 aliphatic rings. The molecule has 0 saturated carbocycles. The largest absolute Gasteiger partial charge is 0.492 e. The third-order valence-corrected chi connectivity index (χ3v) is 3.68. The van der Waals surface area contributed by atoms with Crippen molar-refractivity contribution in [1.29, 1.82) is 0 Å². The number of amides is 1. The fourth-order valence-corrected chi connectivity index (χ4v) is 2.01. The summed E-state index contributed by atoms with van der Waals surface area (Å²) in [6.45, 7) is 2.67. The first-order valence-corrected chi connectivity index (χ1v) is 7.61. The number of benzene rings is 2. The van der Waals surface area contributed by atoms with Crippen molar-refractivity contribution in [3.63, 3.8) is 0 Å². The lowest BCUT2D eigenvalue weighted by atomic mass is 10.2. The molecule has 0 aromatic heterocycles. The van der Waals surface area contributed by atoms with Crippen LogP contribution in [-0.2, 0) is 4.79 Å². The van der Waals surface area contributed by atoms with Crippen molar-refractivity contribution in [3.05, 3.63) is 60.2 Å². The van der Waals surface area contributed by atoms with Crippen LogP contribution in [0, 0.1) is 11.6 Å². The number of hydrogen-bond donors (Lipinski definition) is 1. The van der Waals surface area contributed by atoms with Gasteiger partial charge in [0, 0.05) is 12.2 Å². The van der Waals surface area contributed by atoms with E-state index in [1.54, 1.807) is 19.1 Å². The van der Waals surface area contributed by atoms with Gasteiger partial charge in [-0.3, -0.25) is 9.69 Å². The van der Waals surface area contributed by atoms with Crippen molar-refractivity contribution >= 4 is 11.6 Å². The van der Waals surface area contributed by atoms with Gasteiger partial charge < -0.3 is 10.1 Å². The number of halogens is 2. The number of carbonyl (C=O) groups excluding carboxylic acids is 1. The highest BCUT2D eigenvalue weighted by atomic mass is 19.1. The van der Waals surface area contributed by atoms with Crippen LogP contribution >= 0.6 is 0 Å². The zero-order valence-corrected chi connectivity index (χ0v) is 13.6. The summed E-state index contributed by atoms with van der Waals surface area (Å²) in [6, 6.07) is 11.0. The van der Waals surface area contributed by atoms with Gasteiger partial charge in [-0.1, -0.05) is 0 Å². The van der Waals surface area contributed by atoms with Crippen molar-refractivity contribution in [2.45, 2.75) is 13.0 Å². The van der Waals surface area contributed by atoms with E-state index in [1.165, 1.54) is 36.4 Å². The Morgan fingerprint density at radius 2 is 1.62 bits per heavy atom. The van der Waals surface area contributed by atoms with Gasteiger partial charge in [-0.25, -0.2) is 8.78 Å². The molecular formula is C18H20F2N2O2. The standard InChI is InChI=1S/C18H20F2N2O2/c1-13(18(23)21-16-7-3-14(19)4-8-16)22(2)11-12-24-17-9-5-15(20)6-10-17/h3-10,13H,11-12H2,1-2H3,(H,21,23). The summed E-state index contributed by atoms with van der Waals surface area (Å²) >= 11 is 0. The van der Waals surface area contributed by atoms with Gasteiger partial charge >= 0.3 is 0 Å². The Kier molecular flexibility index (Phi) is 6.26. The van der Waals surface area contributed by atoms with Crippen molar-refractivity contribution in [1.82, 2.24) is 4.90 Å². The highest BCUT2D eigenvalue weighted by molar-refractivity contribution is 5.94. The van der Waals surface area contributed by atoms with E-state index >= 15 is 0 Å². The first-order valence-electron chi connectivity index (χ1n) is 7.61. The zero-order valence-electron chi connectivity index (χ0n) is 13.6. The molecule has 2 rings (SSSR count). The molecule has 128 valence electrons. The van der Waals surface area contributed by atoms with Gasteiger partial charge in [-0.15, -0.1) is 0 Å². The maximum Gasteiger partial charge on any atom is 0.241 e. The molecule has 0 saturated heterocycles. The average Bonchev–Trinajstić information content (AvgIpc) is 2.58. The Morgan fingerprint density at radius 1 is 1.08 bits per heavy atom. The predicted molar refractivity (Wildman–Crippen MR) is 89.0 cm³/mol. The molecule has 24 heavy (non-hydrogen) atoms. The molecule has 0 aliphatic heterocycles. The summed E-state index contributed by atoms with van der Waals surface area (Å²) in [5, 5.41) is 2.73. The van der Waals surface area contributed by atoms with E-state index in [4.69, 9.17) is 4.74 Å². The van der Waals surface area contributed by atoms with E-state index in [0.717, 1.165) is 0 Å². The quantitative estimate of drug-likeness (QED) is 0.845. The second-order valence-corrected chi connectivity index (χ2v) is 5.46. The SMILES string of the molecule is CC(C(=O)Nc1ccc(F)cc1)N(C)CCOc1ccc(F)cc1. The van der Waals surface area contributed by atoms with Gasteiger partial charge in [0.15, 0.2) is 0 Å². The van der Waals surface area contributed by atoms with E-state index in [0.29, 0.717) is 24.6 Å². The molecule has 1 amide bonds. The summed E-state index contributed by atoms with van der Waals surface area (Å²) in [5.41, 5.74) is 0.546. The summed E-state index contributed by atoms with van der Waals surface area (Å²) in [7, 11) is 1.81. The Bertz CT molecular complexity index is 660. The highest BCUT2D eigenvalue weighted by Gasteiger charge is 2.18. The average molecular weight is 334 g/mol. The lowest BCUT2D eigenvalue weighted by Gasteiger charge is -2.23. The number of likely N-dealkylation sites (N-methyl/N-ethyl adjacent to an activating group) is 1. The van der Waals surface area contributed by atoms with E-state index < -0.39 is 0 Å². The van der Waals surface area contributed by atoms with Crippen LogP contribution in [-0.4, -0.2) is 37.0 Å². The van der Waals surface area contributed by atoms with E-state index in [9.17, 15) is 13.6 Å². The van der Waals surface area contributed by atoms with Crippen LogP contribution in [0.4, 0.5) is 14.5 Å². The normalized spacial score (nSPS) is 12.0. The van der Waals surface area contributed by atoms with Crippen LogP contribution in [0.2, 0.25) is 0 Å². The van der Waals surface area contributed by atoms with Crippen molar-refractivity contribution in [2.24, 2.45) is 0 Å². The Hall–Kier alpha value is -2.47. The Balaban J connectivity index is 1.78. The number of rotatable bonds is 7. The minimum atomic E-state index is -0.383. The Morgan fingerprint density at radius 3 is 2.21 bits per heavy atom. The summed E-state index contributed by atoms with van der Waals surface area (Å²) in [4.78, 5) is 14.0. The van der Waals surface area contributed by atoms with Crippen molar-refractivity contribution < 1.29 is 18.3 Å². The fourth-order valence-electron chi connectivity index (χ4n) is 2.01. The Labute approximate surface area is 140 Å². The van der Waals surface area contributed by atoms with E-state index in [1.807, 2.05) is 11.9 Å². The van der Waals surface area contributed by atoms with Crippen LogP contribution in [0.3, 0.4) is 0 Å². The number of hydrogen-bond acceptors (Lipinski definition) is 3. The molecule has 0 radical (unpaired) electrons. The number of carbonyl (C=O) groups is 1. The third kappa shape index (κ3) is 5.31. The maximum absolute atomic E-state index is 12.9. The lowest BCUT2D eigenvalue weighted by Crippen LogP contribution is -2.41. The third-order valence-electron chi connectivity index (χ3n) is 3.68. The molecule has 2 aromatic carbocycles. The van der Waals surface area contributed by atoms with E-state index in [2.05, 4.69) is 5.32 Å². The summed E-state index contributed by atoms with van der Waals surface area (Å²) < 4.78 is 31.2. The van der Waals surface area contributed by atoms with Crippen LogP contribution in [0.25, 0.3) is 0 Å². The second kappa shape index (κ2) is 8.40. The summed E-state index contributed by atoms with van der Waals surface area (Å²) in [5.74, 6) is -0.277. The molecule has 0 bridgehead atoms. The molecule has 0 heterocycles. The molecule has 2 aromatic rings. The number of ether oxygens (including phenoxy) is 1. The molecule has 0 spiro atoms. The maximum atomic E-state index is 12.9. The fraction of sp³-hybridized carbons (Fsp3) is 0.278. The van der Waals surface area contributed by atoms with Crippen molar-refractivity contribution in [3.8, 4) is 5.75 Å². The van der Waals surface area contributed by atoms with Gasteiger partial charge in [0.2, 0.25) is 5.91 Å². The minimum absolute atomic E-state index is 0.189. The minimum Gasteiger partial charge on any atom is -0.492 e. The molecule has 1 atom stereocenters. The lowest BCUT2D eigenvalue weighted by molar-refractivity contribution is -0.120. The molecule has 4 nitrogen and oxygen atoms in total. The van der Waals surface area contributed by atoms with Crippen LogP contribution in [0.5, 0.6) is 5.75 Å². The first kappa shape index (κ1) is 17.9. The molecule has 1 unspecified atom stereocenters. The topological polar surface area (TPSA) is 41.6 Å². The smallest absolute Gasteiger partial charge is 0.241 e. The molecule has 1 N–H and O–H groups in total.